The summed E-state index contributed by atoms with van der Waals surface area (Å²) in [6.07, 6.45) is 5.19. The van der Waals surface area contributed by atoms with Gasteiger partial charge < -0.3 is 14.8 Å². The van der Waals surface area contributed by atoms with Crippen molar-refractivity contribution in [3.63, 3.8) is 0 Å². The highest BCUT2D eigenvalue weighted by Gasteiger charge is 2.29. The van der Waals surface area contributed by atoms with Crippen LogP contribution in [0.2, 0.25) is 5.02 Å². The molecule has 0 fully saturated rings. The first-order valence-corrected chi connectivity index (χ1v) is 9.51. The predicted molar refractivity (Wildman–Crippen MR) is 108 cm³/mol. The zero-order chi connectivity index (χ0) is 19.9. The number of anilines is 1. The highest BCUT2D eigenvalue weighted by molar-refractivity contribution is 6.32. The molecule has 1 amide bonds. The maximum atomic E-state index is 12.9. The lowest BCUT2D eigenvalue weighted by atomic mass is 9.94. The van der Waals surface area contributed by atoms with Gasteiger partial charge in [-0.05, 0) is 37.5 Å². The van der Waals surface area contributed by atoms with E-state index >= 15 is 0 Å². The third-order valence-electron chi connectivity index (χ3n) is 4.60. The monoisotopic (exact) mass is 399 g/mol. The molecule has 2 atom stereocenters. The minimum absolute atomic E-state index is 0.223. The molecule has 0 saturated carbocycles. The molecule has 5 nitrogen and oxygen atoms in total. The summed E-state index contributed by atoms with van der Waals surface area (Å²) in [7, 11) is 1.52. The molecule has 1 N–H and O–H groups in total. The van der Waals surface area contributed by atoms with Gasteiger partial charge in [0, 0.05) is 11.3 Å². The molecule has 146 valence electrons. The quantitative estimate of drug-likeness (QED) is 0.552. The number of hydrogen-bond donors (Lipinski definition) is 1. The van der Waals surface area contributed by atoms with Crippen LogP contribution in [-0.4, -0.2) is 19.0 Å². The van der Waals surface area contributed by atoms with Gasteiger partial charge in [-0.15, -0.1) is 0 Å². The first-order chi connectivity index (χ1) is 13.6. The molecule has 0 spiro atoms. The lowest BCUT2D eigenvalue weighted by Gasteiger charge is -2.22. The number of allylic oxidation sites excluding steroid dienone is 2. The van der Waals surface area contributed by atoms with E-state index in [1.54, 1.807) is 42.5 Å². The summed E-state index contributed by atoms with van der Waals surface area (Å²) < 4.78 is 10.8. The molecule has 0 aliphatic heterocycles. The molecule has 0 saturated heterocycles. The number of esters is 1. The molecule has 0 aromatic heterocycles. The summed E-state index contributed by atoms with van der Waals surface area (Å²) in [5.41, 5.74) is 1.10. The van der Waals surface area contributed by atoms with E-state index in [4.69, 9.17) is 21.1 Å². The molecule has 2 aromatic carbocycles. The van der Waals surface area contributed by atoms with Crippen LogP contribution in [0.3, 0.4) is 0 Å². The zero-order valence-electron chi connectivity index (χ0n) is 15.6. The third-order valence-corrected chi connectivity index (χ3v) is 4.89. The maximum absolute atomic E-state index is 12.9. The average Bonchev–Trinajstić information content (AvgIpc) is 2.73. The Morgan fingerprint density at radius 2 is 1.93 bits per heavy atom. The molecule has 0 bridgehead atoms. The summed E-state index contributed by atoms with van der Waals surface area (Å²) in [5.74, 6) is -0.510. The van der Waals surface area contributed by atoms with E-state index in [0.29, 0.717) is 28.4 Å². The zero-order valence-corrected chi connectivity index (χ0v) is 16.3. The number of methoxy groups -OCH3 is 1. The molecule has 1 aliphatic carbocycles. The SMILES string of the molecule is COc1ccc(NC(=O)[C@H](OC(=O)[C@H]2CC=CCC2)c2ccccc2)cc1Cl. The topological polar surface area (TPSA) is 64.6 Å². The Labute approximate surface area is 169 Å². The van der Waals surface area contributed by atoms with Gasteiger partial charge in [0.15, 0.2) is 0 Å². The molecule has 0 radical (unpaired) electrons. The van der Waals surface area contributed by atoms with Crippen LogP contribution in [-0.2, 0) is 14.3 Å². The van der Waals surface area contributed by atoms with Crippen LogP contribution in [0, 0.1) is 5.92 Å². The van der Waals surface area contributed by atoms with Gasteiger partial charge in [-0.1, -0.05) is 54.1 Å². The second-order valence-electron chi connectivity index (χ2n) is 6.55. The highest BCUT2D eigenvalue weighted by atomic mass is 35.5. The lowest BCUT2D eigenvalue weighted by molar-refractivity contribution is -0.159. The van der Waals surface area contributed by atoms with Gasteiger partial charge in [-0.3, -0.25) is 9.59 Å². The Balaban J connectivity index is 1.78. The number of hydrogen-bond acceptors (Lipinski definition) is 4. The number of halogens is 1. The average molecular weight is 400 g/mol. The summed E-state index contributed by atoms with van der Waals surface area (Å²) in [6.45, 7) is 0. The van der Waals surface area contributed by atoms with Crippen LogP contribution >= 0.6 is 11.6 Å². The van der Waals surface area contributed by atoms with Crippen molar-refractivity contribution in [1.29, 1.82) is 0 Å². The summed E-state index contributed by atoms with van der Waals surface area (Å²) >= 11 is 6.13. The largest absolute Gasteiger partial charge is 0.495 e. The summed E-state index contributed by atoms with van der Waals surface area (Å²) in [6, 6.07) is 13.9. The fourth-order valence-electron chi connectivity index (χ4n) is 3.07. The molecule has 3 rings (SSSR count). The molecule has 1 aliphatic rings. The van der Waals surface area contributed by atoms with Gasteiger partial charge in [-0.25, -0.2) is 0 Å². The number of ether oxygens (including phenoxy) is 2. The van der Waals surface area contributed by atoms with Crippen molar-refractivity contribution < 1.29 is 19.1 Å². The smallest absolute Gasteiger partial charge is 0.310 e. The number of carbonyl (C=O) groups excluding carboxylic acids is 2. The van der Waals surface area contributed by atoms with Crippen molar-refractivity contribution in [2.24, 2.45) is 5.92 Å². The first kappa shape index (κ1) is 20.0. The molecule has 0 unspecified atom stereocenters. The second-order valence-corrected chi connectivity index (χ2v) is 6.95. The van der Waals surface area contributed by atoms with Crippen LogP contribution in [0.25, 0.3) is 0 Å². The van der Waals surface area contributed by atoms with Crippen molar-refractivity contribution >= 4 is 29.2 Å². The maximum Gasteiger partial charge on any atom is 0.310 e. The van der Waals surface area contributed by atoms with E-state index in [1.807, 2.05) is 12.1 Å². The van der Waals surface area contributed by atoms with E-state index in [9.17, 15) is 9.59 Å². The number of amides is 1. The number of benzene rings is 2. The molecular weight excluding hydrogens is 378 g/mol. The van der Waals surface area contributed by atoms with Gasteiger partial charge in [0.2, 0.25) is 6.10 Å². The fraction of sp³-hybridized carbons (Fsp3) is 0.273. The molecule has 6 heteroatoms. The van der Waals surface area contributed by atoms with E-state index in [1.165, 1.54) is 7.11 Å². The van der Waals surface area contributed by atoms with Crippen LogP contribution in [0.1, 0.15) is 30.9 Å². The van der Waals surface area contributed by atoms with Gasteiger partial charge >= 0.3 is 5.97 Å². The van der Waals surface area contributed by atoms with Crippen LogP contribution < -0.4 is 10.1 Å². The van der Waals surface area contributed by atoms with Crippen molar-refractivity contribution in [3.05, 3.63) is 71.3 Å². The van der Waals surface area contributed by atoms with E-state index in [-0.39, 0.29) is 11.9 Å². The standard InChI is InChI=1S/C22H22ClNO4/c1-27-19-13-12-17(14-18(19)23)24-21(25)20(15-8-4-2-5-9-15)28-22(26)16-10-6-3-7-11-16/h2-6,8-9,12-14,16,20H,7,10-11H2,1H3,(H,24,25)/t16-,20+/m0/s1. The van der Waals surface area contributed by atoms with Crippen LogP contribution in [0.4, 0.5) is 5.69 Å². The van der Waals surface area contributed by atoms with Crippen molar-refractivity contribution in [2.45, 2.75) is 25.4 Å². The summed E-state index contributed by atoms with van der Waals surface area (Å²) in [5, 5.41) is 3.15. The van der Waals surface area contributed by atoms with Gasteiger partial charge in [0.1, 0.15) is 5.75 Å². The Morgan fingerprint density at radius 3 is 2.57 bits per heavy atom. The third kappa shape index (κ3) is 4.93. The van der Waals surface area contributed by atoms with E-state index < -0.39 is 12.0 Å². The number of nitrogens with one attached hydrogen (secondary N) is 1. The Kier molecular flexibility index (Phi) is 6.71. The lowest BCUT2D eigenvalue weighted by Crippen LogP contribution is -2.29. The van der Waals surface area contributed by atoms with Crippen molar-refractivity contribution in [1.82, 2.24) is 0 Å². The van der Waals surface area contributed by atoms with Gasteiger partial charge in [0.25, 0.3) is 5.91 Å². The molecule has 28 heavy (non-hydrogen) atoms. The predicted octanol–water partition coefficient (Wildman–Crippen LogP) is 4.93. The minimum Gasteiger partial charge on any atom is -0.495 e. The van der Waals surface area contributed by atoms with Crippen LogP contribution in [0.5, 0.6) is 5.75 Å². The van der Waals surface area contributed by atoms with Crippen molar-refractivity contribution in [3.8, 4) is 5.75 Å². The number of rotatable bonds is 6. The normalized spacial score (nSPS) is 16.9. The van der Waals surface area contributed by atoms with Gasteiger partial charge in [-0.2, -0.15) is 0 Å². The van der Waals surface area contributed by atoms with Gasteiger partial charge in [0.05, 0.1) is 18.1 Å². The van der Waals surface area contributed by atoms with Crippen LogP contribution in [0.15, 0.2) is 60.7 Å². The number of carbonyl (C=O) groups is 2. The second kappa shape index (κ2) is 9.42. The first-order valence-electron chi connectivity index (χ1n) is 9.13. The summed E-state index contributed by atoms with van der Waals surface area (Å²) in [4.78, 5) is 25.5. The Morgan fingerprint density at radius 1 is 1.14 bits per heavy atom. The van der Waals surface area contributed by atoms with E-state index in [2.05, 4.69) is 11.4 Å². The fourth-order valence-corrected chi connectivity index (χ4v) is 3.33. The van der Waals surface area contributed by atoms with Crippen molar-refractivity contribution in [2.75, 3.05) is 12.4 Å². The molecular formula is C22H22ClNO4. The Hall–Kier alpha value is -2.79. The van der Waals surface area contributed by atoms with E-state index in [0.717, 1.165) is 12.8 Å². The Bertz CT molecular complexity index is 866. The molecule has 2 aromatic rings. The molecule has 0 heterocycles. The minimum atomic E-state index is -1.04. The highest BCUT2D eigenvalue weighted by Crippen LogP contribution is 2.29.